The topological polar surface area (TPSA) is 59.5 Å². The van der Waals surface area contributed by atoms with Crippen molar-refractivity contribution < 1.29 is 9.21 Å². The normalized spacial score (nSPS) is 19.6. The number of carbonyl (C=O) groups excluding carboxylic acids is 1. The standard InChI is InChI=1S/C20H19ClN2O2.ClH/c1-12-15-9-14(21)7-8-18(15)25-19(12)20(24)23-10-16(17(22)11-23)13-5-3-2-4-6-13;/h2-9,16-17H,10-11,22H2,1H3;1H/t16-,17+;/m0./s1. The number of likely N-dealkylation sites (tertiary alicyclic amines) is 1. The summed E-state index contributed by atoms with van der Waals surface area (Å²) < 4.78 is 5.81. The molecule has 4 rings (SSSR count). The number of rotatable bonds is 2. The second-order valence-electron chi connectivity index (χ2n) is 6.59. The van der Waals surface area contributed by atoms with Crippen LogP contribution in [0, 0.1) is 6.92 Å². The van der Waals surface area contributed by atoms with Gasteiger partial charge in [-0.25, -0.2) is 0 Å². The minimum absolute atomic E-state index is 0. The number of nitrogens with zero attached hydrogens (tertiary/aromatic N) is 1. The van der Waals surface area contributed by atoms with Crippen LogP contribution in [0.15, 0.2) is 52.9 Å². The first-order valence-corrected chi connectivity index (χ1v) is 8.71. The molecule has 1 saturated heterocycles. The van der Waals surface area contributed by atoms with Crippen LogP contribution in [0.25, 0.3) is 11.0 Å². The first kappa shape index (κ1) is 18.8. The van der Waals surface area contributed by atoms with Crippen LogP contribution in [0.3, 0.4) is 0 Å². The first-order chi connectivity index (χ1) is 12.0. The Morgan fingerprint density at radius 1 is 1.19 bits per heavy atom. The molecule has 0 saturated carbocycles. The molecule has 0 spiro atoms. The van der Waals surface area contributed by atoms with Gasteiger partial charge in [-0.1, -0.05) is 41.9 Å². The van der Waals surface area contributed by atoms with Crippen LogP contribution in [-0.4, -0.2) is 29.9 Å². The fourth-order valence-electron chi connectivity index (χ4n) is 3.59. The van der Waals surface area contributed by atoms with Gasteiger partial charge in [-0.05, 0) is 30.7 Å². The van der Waals surface area contributed by atoms with Crippen LogP contribution in [0.1, 0.15) is 27.6 Å². The third kappa shape index (κ3) is 3.20. The van der Waals surface area contributed by atoms with Crippen LogP contribution in [-0.2, 0) is 0 Å². The number of aryl methyl sites for hydroxylation is 1. The van der Waals surface area contributed by atoms with E-state index in [0.29, 0.717) is 29.5 Å². The Hall–Kier alpha value is -2.01. The summed E-state index contributed by atoms with van der Waals surface area (Å²) in [5.41, 5.74) is 8.97. The van der Waals surface area contributed by atoms with Crippen LogP contribution in [0.2, 0.25) is 5.02 Å². The first-order valence-electron chi connectivity index (χ1n) is 8.33. The Balaban J connectivity index is 0.00000196. The van der Waals surface area contributed by atoms with Crippen molar-refractivity contribution in [2.75, 3.05) is 13.1 Å². The Morgan fingerprint density at radius 3 is 2.65 bits per heavy atom. The maximum Gasteiger partial charge on any atom is 0.289 e. The number of amides is 1. The number of hydrogen-bond acceptors (Lipinski definition) is 3. The van der Waals surface area contributed by atoms with Gasteiger partial charge >= 0.3 is 0 Å². The van der Waals surface area contributed by atoms with Crippen LogP contribution >= 0.6 is 24.0 Å². The van der Waals surface area contributed by atoms with Crippen molar-refractivity contribution >= 4 is 40.9 Å². The number of halogens is 2. The summed E-state index contributed by atoms with van der Waals surface area (Å²) in [5, 5.41) is 1.50. The molecule has 26 heavy (non-hydrogen) atoms. The van der Waals surface area contributed by atoms with Crippen LogP contribution < -0.4 is 5.73 Å². The Kier molecular flexibility index (Phi) is 5.28. The summed E-state index contributed by atoms with van der Waals surface area (Å²) in [6.07, 6.45) is 0. The Bertz CT molecular complexity index is 940. The summed E-state index contributed by atoms with van der Waals surface area (Å²) in [6.45, 7) is 3.01. The monoisotopic (exact) mass is 390 g/mol. The molecular weight excluding hydrogens is 371 g/mol. The SMILES string of the molecule is Cc1c(C(=O)N2C[C@@H](N)[C@H](c3ccccc3)C2)oc2ccc(Cl)cc12.Cl. The molecule has 0 radical (unpaired) electrons. The summed E-state index contributed by atoms with van der Waals surface area (Å²) in [4.78, 5) is 14.8. The van der Waals surface area contributed by atoms with Crippen LogP contribution in [0.4, 0.5) is 0 Å². The average Bonchev–Trinajstić information content (AvgIpc) is 3.16. The highest BCUT2D eigenvalue weighted by atomic mass is 35.5. The third-order valence-corrected chi connectivity index (χ3v) is 5.21. The van der Waals surface area contributed by atoms with E-state index in [2.05, 4.69) is 12.1 Å². The van der Waals surface area contributed by atoms with Crippen LogP contribution in [0.5, 0.6) is 0 Å². The van der Waals surface area contributed by atoms with Gasteiger partial charge in [0.15, 0.2) is 5.76 Å². The van der Waals surface area contributed by atoms with E-state index in [9.17, 15) is 4.79 Å². The lowest BCUT2D eigenvalue weighted by Gasteiger charge is -2.15. The lowest BCUT2D eigenvalue weighted by atomic mass is 9.95. The van der Waals surface area contributed by atoms with Gasteiger partial charge in [0, 0.05) is 41.0 Å². The van der Waals surface area contributed by atoms with Gasteiger partial charge in [0.05, 0.1) is 0 Å². The van der Waals surface area contributed by atoms with Gasteiger partial charge in [-0.2, -0.15) is 0 Å². The fourth-order valence-corrected chi connectivity index (χ4v) is 3.76. The molecule has 2 heterocycles. The molecule has 1 fully saturated rings. The van der Waals surface area contributed by atoms with E-state index >= 15 is 0 Å². The number of benzene rings is 2. The molecule has 0 aliphatic carbocycles. The van der Waals surface area contributed by atoms with E-state index in [4.69, 9.17) is 21.8 Å². The summed E-state index contributed by atoms with van der Waals surface area (Å²) in [7, 11) is 0. The highest BCUT2D eigenvalue weighted by Gasteiger charge is 2.36. The molecule has 1 aliphatic heterocycles. The van der Waals surface area contributed by atoms with Crippen molar-refractivity contribution in [3.63, 3.8) is 0 Å². The molecule has 6 heteroatoms. The zero-order valence-electron chi connectivity index (χ0n) is 14.3. The number of carbonyl (C=O) groups is 1. The highest BCUT2D eigenvalue weighted by molar-refractivity contribution is 6.31. The number of hydrogen-bond donors (Lipinski definition) is 1. The van der Waals surface area contributed by atoms with Crippen molar-refractivity contribution in [1.29, 1.82) is 0 Å². The lowest BCUT2D eigenvalue weighted by molar-refractivity contribution is 0.0759. The molecular formula is C20H20Cl2N2O2. The molecule has 2 aromatic carbocycles. The predicted molar refractivity (Wildman–Crippen MR) is 106 cm³/mol. The van der Waals surface area contributed by atoms with E-state index in [1.54, 1.807) is 17.0 Å². The zero-order valence-corrected chi connectivity index (χ0v) is 15.9. The zero-order chi connectivity index (χ0) is 17.6. The van der Waals surface area contributed by atoms with E-state index in [1.165, 1.54) is 5.56 Å². The maximum atomic E-state index is 13.0. The summed E-state index contributed by atoms with van der Waals surface area (Å²) in [5.74, 6) is 0.404. The molecule has 2 N–H and O–H groups in total. The molecule has 1 aromatic heterocycles. The van der Waals surface area contributed by atoms with Gasteiger partial charge < -0.3 is 15.1 Å². The Labute approximate surface area is 163 Å². The number of nitrogens with two attached hydrogens (primary N) is 1. The van der Waals surface area contributed by atoms with Crippen molar-refractivity contribution in [3.8, 4) is 0 Å². The fraction of sp³-hybridized carbons (Fsp3) is 0.250. The predicted octanol–water partition coefficient (Wildman–Crippen LogP) is 4.38. The van der Waals surface area contributed by atoms with E-state index in [0.717, 1.165) is 10.9 Å². The molecule has 4 nitrogen and oxygen atoms in total. The molecule has 136 valence electrons. The quantitative estimate of drug-likeness (QED) is 0.705. The van der Waals surface area contributed by atoms with E-state index < -0.39 is 0 Å². The molecule has 0 unspecified atom stereocenters. The van der Waals surface area contributed by atoms with Gasteiger partial charge in [-0.3, -0.25) is 4.79 Å². The minimum Gasteiger partial charge on any atom is -0.451 e. The number of furan rings is 1. The molecule has 1 amide bonds. The van der Waals surface area contributed by atoms with Gasteiger partial charge in [0.1, 0.15) is 5.58 Å². The molecule has 1 aliphatic rings. The van der Waals surface area contributed by atoms with Crippen molar-refractivity contribution in [1.82, 2.24) is 4.90 Å². The van der Waals surface area contributed by atoms with E-state index in [-0.39, 0.29) is 30.3 Å². The van der Waals surface area contributed by atoms with Crippen molar-refractivity contribution in [3.05, 3.63) is 70.4 Å². The molecule has 2 atom stereocenters. The average molecular weight is 391 g/mol. The summed E-state index contributed by atoms with van der Waals surface area (Å²) >= 11 is 6.06. The minimum atomic E-state index is -0.112. The van der Waals surface area contributed by atoms with E-state index in [1.807, 2.05) is 31.2 Å². The third-order valence-electron chi connectivity index (χ3n) is 4.97. The maximum absolute atomic E-state index is 13.0. The second kappa shape index (κ2) is 7.31. The lowest BCUT2D eigenvalue weighted by Crippen LogP contribution is -2.32. The smallest absolute Gasteiger partial charge is 0.289 e. The molecule has 3 aromatic rings. The Morgan fingerprint density at radius 2 is 1.92 bits per heavy atom. The molecule has 0 bridgehead atoms. The largest absolute Gasteiger partial charge is 0.451 e. The highest BCUT2D eigenvalue weighted by Crippen LogP contribution is 2.31. The summed E-state index contributed by atoms with van der Waals surface area (Å²) in [6, 6.07) is 15.4. The second-order valence-corrected chi connectivity index (χ2v) is 7.02. The number of fused-ring (bicyclic) bond motifs is 1. The van der Waals surface area contributed by atoms with Gasteiger partial charge in [0.25, 0.3) is 5.91 Å². The van der Waals surface area contributed by atoms with Gasteiger partial charge in [0.2, 0.25) is 0 Å². The van der Waals surface area contributed by atoms with Crippen molar-refractivity contribution in [2.45, 2.75) is 18.9 Å². The van der Waals surface area contributed by atoms with Crippen molar-refractivity contribution in [2.24, 2.45) is 5.73 Å². The van der Waals surface area contributed by atoms with Gasteiger partial charge in [-0.15, -0.1) is 12.4 Å².